The summed E-state index contributed by atoms with van der Waals surface area (Å²) in [5, 5.41) is 13.8. The molecule has 1 N–H and O–H groups in total. The fraction of sp³-hybridized carbons (Fsp3) is 0. The summed E-state index contributed by atoms with van der Waals surface area (Å²) in [4.78, 5) is 19.1. The summed E-state index contributed by atoms with van der Waals surface area (Å²) in [6.45, 7) is 0. The Hall–Kier alpha value is -6.72. The number of hydrogen-bond acceptors (Lipinski definition) is 5. The zero-order valence-corrected chi connectivity index (χ0v) is 26.3. The molecule has 0 saturated carbocycles. The Morgan fingerprint density at radius 2 is 1.00 bits per heavy atom. The number of rotatable bonds is 5. The SMILES string of the molecule is Oc1ccccc1-c1cccc(-c2cc(-c3ccc(-c4cnc5c(ccc6cccnc65)c4)cn3)cc(-c3cccc4cccnc34)c2)c1. The van der Waals surface area contributed by atoms with Gasteiger partial charge in [-0.15, -0.1) is 0 Å². The molecule has 0 saturated heterocycles. The average Bonchev–Trinajstić information content (AvgIpc) is 3.17. The van der Waals surface area contributed by atoms with E-state index in [4.69, 9.17) is 15.0 Å². The second-order valence-electron chi connectivity index (χ2n) is 12.1. The first-order valence-electron chi connectivity index (χ1n) is 16.2. The average molecular weight is 629 g/mol. The number of phenols is 1. The lowest BCUT2D eigenvalue weighted by molar-refractivity contribution is 0.477. The highest BCUT2D eigenvalue weighted by Gasteiger charge is 2.13. The predicted octanol–water partition coefficient (Wildman–Crippen LogP) is 10.8. The van der Waals surface area contributed by atoms with Crippen molar-refractivity contribution in [2.75, 3.05) is 0 Å². The molecule has 0 aliphatic rings. The summed E-state index contributed by atoms with van der Waals surface area (Å²) in [6.07, 6.45) is 7.47. The van der Waals surface area contributed by atoms with Crippen LogP contribution in [-0.2, 0) is 0 Å². The van der Waals surface area contributed by atoms with Gasteiger partial charge in [-0.2, -0.15) is 0 Å². The third-order valence-electron chi connectivity index (χ3n) is 9.10. The highest BCUT2D eigenvalue weighted by molar-refractivity contribution is 6.03. The number of aromatic nitrogens is 4. The summed E-state index contributed by atoms with van der Waals surface area (Å²) >= 11 is 0. The van der Waals surface area contributed by atoms with Crippen LogP contribution < -0.4 is 0 Å². The summed E-state index contributed by atoms with van der Waals surface area (Å²) in [7, 11) is 0. The lowest BCUT2D eigenvalue weighted by Gasteiger charge is -2.14. The van der Waals surface area contributed by atoms with Crippen LogP contribution in [0.2, 0.25) is 0 Å². The monoisotopic (exact) mass is 628 g/mol. The minimum absolute atomic E-state index is 0.256. The predicted molar refractivity (Wildman–Crippen MR) is 199 cm³/mol. The summed E-state index contributed by atoms with van der Waals surface area (Å²) in [5.41, 5.74) is 12.5. The Morgan fingerprint density at radius 1 is 0.347 bits per heavy atom. The van der Waals surface area contributed by atoms with Crippen molar-refractivity contribution in [1.82, 2.24) is 19.9 Å². The van der Waals surface area contributed by atoms with E-state index in [1.807, 2.05) is 67.3 Å². The van der Waals surface area contributed by atoms with E-state index < -0.39 is 0 Å². The number of fused-ring (bicyclic) bond motifs is 4. The highest BCUT2D eigenvalue weighted by atomic mass is 16.3. The number of para-hydroxylation sites is 2. The van der Waals surface area contributed by atoms with E-state index in [0.29, 0.717) is 0 Å². The zero-order chi connectivity index (χ0) is 32.7. The van der Waals surface area contributed by atoms with Gasteiger partial charge in [0.25, 0.3) is 0 Å². The molecule has 0 unspecified atom stereocenters. The molecule has 4 aromatic heterocycles. The van der Waals surface area contributed by atoms with E-state index in [0.717, 1.165) is 88.5 Å². The molecule has 0 bridgehead atoms. The molecule has 5 aromatic carbocycles. The zero-order valence-electron chi connectivity index (χ0n) is 26.3. The van der Waals surface area contributed by atoms with Crippen molar-refractivity contribution in [2.24, 2.45) is 0 Å². The lowest BCUT2D eigenvalue weighted by Crippen LogP contribution is -1.91. The largest absolute Gasteiger partial charge is 0.507 e. The van der Waals surface area contributed by atoms with E-state index in [2.05, 4.69) is 96.0 Å². The fourth-order valence-electron chi connectivity index (χ4n) is 6.65. The molecule has 5 heteroatoms. The molecular formula is C44H28N4O. The number of hydrogen-bond donors (Lipinski definition) is 1. The van der Waals surface area contributed by atoms with Gasteiger partial charge in [-0.3, -0.25) is 19.9 Å². The molecular weight excluding hydrogens is 601 g/mol. The van der Waals surface area contributed by atoms with Gasteiger partial charge in [0.15, 0.2) is 0 Å². The smallest absolute Gasteiger partial charge is 0.123 e. The van der Waals surface area contributed by atoms with Crippen LogP contribution in [0, 0.1) is 0 Å². The molecule has 230 valence electrons. The Labute approximate surface area is 282 Å². The number of pyridine rings is 4. The van der Waals surface area contributed by atoms with Crippen molar-refractivity contribution in [3.05, 3.63) is 164 Å². The summed E-state index contributed by atoms with van der Waals surface area (Å²) in [5.74, 6) is 0.256. The van der Waals surface area contributed by atoms with Crippen LogP contribution in [0.4, 0.5) is 0 Å². The Bertz CT molecular complexity index is 2680. The van der Waals surface area contributed by atoms with E-state index >= 15 is 0 Å². The van der Waals surface area contributed by atoms with Gasteiger partial charge in [0.2, 0.25) is 0 Å². The van der Waals surface area contributed by atoms with Gasteiger partial charge in [-0.1, -0.05) is 84.9 Å². The van der Waals surface area contributed by atoms with Crippen molar-refractivity contribution in [3.63, 3.8) is 0 Å². The van der Waals surface area contributed by atoms with Crippen molar-refractivity contribution in [1.29, 1.82) is 0 Å². The van der Waals surface area contributed by atoms with Crippen LogP contribution in [0.3, 0.4) is 0 Å². The quantitative estimate of drug-likeness (QED) is 0.192. The Kier molecular flexibility index (Phi) is 6.87. The van der Waals surface area contributed by atoms with Crippen LogP contribution in [0.1, 0.15) is 0 Å². The Balaban J connectivity index is 1.15. The molecule has 0 fully saturated rings. The molecule has 9 aromatic rings. The summed E-state index contributed by atoms with van der Waals surface area (Å²) < 4.78 is 0. The van der Waals surface area contributed by atoms with E-state index in [9.17, 15) is 5.11 Å². The molecule has 0 radical (unpaired) electrons. The van der Waals surface area contributed by atoms with E-state index in [1.165, 1.54) is 0 Å². The molecule has 0 atom stereocenters. The summed E-state index contributed by atoms with van der Waals surface area (Å²) in [6, 6.07) is 47.2. The van der Waals surface area contributed by atoms with Crippen LogP contribution in [0.25, 0.3) is 88.5 Å². The molecule has 0 amide bonds. The molecule has 49 heavy (non-hydrogen) atoms. The molecule has 4 heterocycles. The maximum absolute atomic E-state index is 10.6. The Morgan fingerprint density at radius 3 is 1.86 bits per heavy atom. The third-order valence-corrected chi connectivity index (χ3v) is 9.10. The standard InChI is InChI=1S/C44H28N4O/c49-41-14-2-1-12-38(41)31-9-3-8-30(21-31)34-23-35(39-13-4-7-28-10-5-19-45-42(28)39)25-36(24-34)40-18-17-33(26-47-40)37-22-32-16-15-29-11-6-20-46-43(29)44(32)48-27-37/h1-27,49H. The number of aromatic hydroxyl groups is 1. The minimum atomic E-state index is 0.256. The molecule has 9 rings (SSSR count). The van der Waals surface area contributed by atoms with Gasteiger partial charge < -0.3 is 5.11 Å². The first-order valence-corrected chi connectivity index (χ1v) is 16.2. The molecule has 5 nitrogen and oxygen atoms in total. The maximum Gasteiger partial charge on any atom is 0.123 e. The number of phenolic OH excluding ortho intramolecular Hbond substituents is 1. The van der Waals surface area contributed by atoms with Crippen LogP contribution in [-0.4, -0.2) is 25.0 Å². The molecule has 0 aliphatic carbocycles. The van der Waals surface area contributed by atoms with Gasteiger partial charge in [0, 0.05) is 68.8 Å². The first-order chi connectivity index (χ1) is 24.2. The maximum atomic E-state index is 10.6. The van der Waals surface area contributed by atoms with Gasteiger partial charge in [0.1, 0.15) is 5.75 Å². The molecule has 0 aliphatic heterocycles. The lowest BCUT2D eigenvalue weighted by atomic mass is 9.92. The highest BCUT2D eigenvalue weighted by Crippen LogP contribution is 2.37. The van der Waals surface area contributed by atoms with Crippen LogP contribution >= 0.6 is 0 Å². The number of benzene rings is 5. The second-order valence-corrected chi connectivity index (χ2v) is 12.1. The number of nitrogens with zero attached hydrogens (tertiary/aromatic N) is 4. The van der Waals surface area contributed by atoms with Gasteiger partial charge >= 0.3 is 0 Å². The fourth-order valence-corrected chi connectivity index (χ4v) is 6.65. The van der Waals surface area contributed by atoms with Crippen LogP contribution in [0.5, 0.6) is 5.75 Å². The molecule has 0 spiro atoms. The first kappa shape index (κ1) is 28.5. The van der Waals surface area contributed by atoms with Crippen molar-refractivity contribution >= 4 is 32.7 Å². The topological polar surface area (TPSA) is 71.8 Å². The van der Waals surface area contributed by atoms with Gasteiger partial charge in [0.05, 0.1) is 22.2 Å². The van der Waals surface area contributed by atoms with Crippen molar-refractivity contribution < 1.29 is 5.11 Å². The van der Waals surface area contributed by atoms with Gasteiger partial charge in [-0.25, -0.2) is 0 Å². The van der Waals surface area contributed by atoms with Crippen molar-refractivity contribution in [2.45, 2.75) is 0 Å². The van der Waals surface area contributed by atoms with Crippen molar-refractivity contribution in [3.8, 4) is 61.5 Å². The van der Waals surface area contributed by atoms with E-state index in [-0.39, 0.29) is 5.75 Å². The minimum Gasteiger partial charge on any atom is -0.507 e. The normalized spacial score (nSPS) is 11.3. The third kappa shape index (κ3) is 5.24. The van der Waals surface area contributed by atoms with Gasteiger partial charge in [-0.05, 0) is 76.9 Å². The van der Waals surface area contributed by atoms with E-state index in [1.54, 1.807) is 6.07 Å². The van der Waals surface area contributed by atoms with Crippen LogP contribution in [0.15, 0.2) is 164 Å². The second kappa shape index (κ2) is 11.8.